The third-order valence-corrected chi connectivity index (χ3v) is 5.02. The van der Waals surface area contributed by atoms with E-state index in [0.29, 0.717) is 0 Å². The fourth-order valence-electron chi connectivity index (χ4n) is 2.94. The van der Waals surface area contributed by atoms with Crippen LogP contribution in [0.25, 0.3) is 0 Å². The first-order chi connectivity index (χ1) is 12.0. The second-order valence-corrected chi connectivity index (χ2v) is 8.25. The molecule has 5 nitrogen and oxygen atoms in total. The first kappa shape index (κ1) is 18.1. The van der Waals surface area contributed by atoms with Crippen LogP contribution in [0.3, 0.4) is 0 Å². The molecule has 2 aromatic rings. The highest BCUT2D eigenvalue weighted by Crippen LogP contribution is 2.26. The summed E-state index contributed by atoms with van der Waals surface area (Å²) in [5.74, 6) is 1.06. The number of hydrogen-bond donors (Lipinski definition) is 0. The summed E-state index contributed by atoms with van der Waals surface area (Å²) in [4.78, 5) is 18.5. The molecule has 6 heteroatoms. The Morgan fingerprint density at radius 1 is 1.12 bits per heavy atom. The predicted molar refractivity (Wildman–Crippen MR) is 104 cm³/mol. The molecule has 1 aliphatic heterocycles. The van der Waals surface area contributed by atoms with Crippen molar-refractivity contribution in [3.05, 3.63) is 41.9 Å². The maximum Gasteiger partial charge on any atom is 0.189 e. The number of nitrogens with zero attached hydrogens (tertiary/aromatic N) is 5. The summed E-state index contributed by atoms with van der Waals surface area (Å²) in [5.41, 5.74) is 2.42. The van der Waals surface area contributed by atoms with Crippen molar-refractivity contribution < 1.29 is 0 Å². The summed E-state index contributed by atoms with van der Waals surface area (Å²) in [6.45, 7) is 11.6. The minimum atomic E-state index is 0.0320. The number of aromatic nitrogens is 3. The van der Waals surface area contributed by atoms with Gasteiger partial charge in [-0.1, -0.05) is 38.6 Å². The van der Waals surface area contributed by atoms with Crippen molar-refractivity contribution in [2.24, 2.45) is 0 Å². The van der Waals surface area contributed by atoms with E-state index in [1.54, 1.807) is 11.8 Å². The van der Waals surface area contributed by atoms with Crippen LogP contribution in [0.5, 0.6) is 0 Å². The summed E-state index contributed by atoms with van der Waals surface area (Å²) >= 11 is 1.61. The van der Waals surface area contributed by atoms with Gasteiger partial charge in [0.05, 0.1) is 5.69 Å². The van der Waals surface area contributed by atoms with E-state index in [9.17, 15) is 0 Å². The number of rotatable bonds is 4. The van der Waals surface area contributed by atoms with Crippen LogP contribution >= 0.6 is 11.8 Å². The van der Waals surface area contributed by atoms with E-state index < -0.39 is 0 Å². The summed E-state index contributed by atoms with van der Waals surface area (Å²) in [7, 11) is 0. The van der Waals surface area contributed by atoms with Gasteiger partial charge >= 0.3 is 0 Å². The molecule has 3 rings (SSSR count). The van der Waals surface area contributed by atoms with Crippen LogP contribution in [-0.2, 0) is 12.0 Å². The number of thioether (sulfide) groups is 1. The third kappa shape index (κ3) is 4.70. The molecule has 0 saturated carbocycles. The SMILES string of the molecule is CSc1nc(N2CCN(Cc3cccnc3)CC2)cc(C(C)(C)C)n1. The largest absolute Gasteiger partial charge is 0.354 e. The van der Waals surface area contributed by atoms with Gasteiger partial charge in [0.1, 0.15) is 5.82 Å². The highest BCUT2D eigenvalue weighted by Gasteiger charge is 2.22. The molecule has 0 spiro atoms. The van der Waals surface area contributed by atoms with Crippen molar-refractivity contribution in [3.63, 3.8) is 0 Å². The predicted octanol–water partition coefficient (Wildman–Crippen LogP) is 3.21. The molecule has 0 N–H and O–H groups in total. The average molecular weight is 358 g/mol. The fourth-order valence-corrected chi connectivity index (χ4v) is 3.31. The van der Waals surface area contributed by atoms with Crippen LogP contribution in [-0.4, -0.2) is 52.3 Å². The van der Waals surface area contributed by atoms with E-state index in [1.807, 2.05) is 24.7 Å². The van der Waals surface area contributed by atoms with Crippen molar-refractivity contribution in [1.82, 2.24) is 19.9 Å². The Balaban J connectivity index is 1.68. The van der Waals surface area contributed by atoms with E-state index in [-0.39, 0.29) is 5.41 Å². The van der Waals surface area contributed by atoms with Gasteiger partial charge in [-0.15, -0.1) is 0 Å². The topological polar surface area (TPSA) is 45.2 Å². The second kappa shape index (κ2) is 7.70. The van der Waals surface area contributed by atoms with E-state index in [1.165, 1.54) is 5.56 Å². The van der Waals surface area contributed by atoms with E-state index in [4.69, 9.17) is 9.97 Å². The van der Waals surface area contributed by atoms with Crippen LogP contribution < -0.4 is 4.90 Å². The summed E-state index contributed by atoms with van der Waals surface area (Å²) < 4.78 is 0. The minimum absolute atomic E-state index is 0.0320. The lowest BCUT2D eigenvalue weighted by Crippen LogP contribution is -2.46. The first-order valence-electron chi connectivity index (χ1n) is 8.75. The van der Waals surface area contributed by atoms with Gasteiger partial charge in [0.25, 0.3) is 0 Å². The van der Waals surface area contributed by atoms with Gasteiger partial charge in [0.2, 0.25) is 0 Å². The van der Waals surface area contributed by atoms with Crippen LogP contribution in [0.2, 0.25) is 0 Å². The molecule has 0 radical (unpaired) electrons. The van der Waals surface area contributed by atoms with Crippen LogP contribution in [0.15, 0.2) is 35.7 Å². The van der Waals surface area contributed by atoms with Crippen molar-refractivity contribution in [2.45, 2.75) is 37.9 Å². The average Bonchev–Trinajstić information content (AvgIpc) is 2.62. The Morgan fingerprint density at radius 2 is 1.88 bits per heavy atom. The highest BCUT2D eigenvalue weighted by molar-refractivity contribution is 7.98. The Kier molecular flexibility index (Phi) is 5.59. The quantitative estimate of drug-likeness (QED) is 0.618. The maximum atomic E-state index is 4.75. The molecule has 0 atom stereocenters. The molecular weight excluding hydrogens is 330 g/mol. The summed E-state index contributed by atoms with van der Waals surface area (Å²) in [6, 6.07) is 6.31. The Hall–Kier alpha value is -1.66. The van der Waals surface area contributed by atoms with Gasteiger partial charge < -0.3 is 4.90 Å². The zero-order valence-corrected chi connectivity index (χ0v) is 16.4. The monoisotopic (exact) mass is 357 g/mol. The minimum Gasteiger partial charge on any atom is -0.354 e. The van der Waals surface area contributed by atoms with Crippen molar-refractivity contribution in [2.75, 3.05) is 37.3 Å². The van der Waals surface area contributed by atoms with Crippen molar-refractivity contribution in [3.8, 4) is 0 Å². The molecule has 25 heavy (non-hydrogen) atoms. The van der Waals surface area contributed by atoms with Gasteiger partial charge in [0, 0.05) is 56.6 Å². The highest BCUT2D eigenvalue weighted by atomic mass is 32.2. The molecule has 3 heterocycles. The van der Waals surface area contributed by atoms with E-state index >= 15 is 0 Å². The molecule has 1 aliphatic rings. The number of pyridine rings is 1. The van der Waals surface area contributed by atoms with Gasteiger partial charge in [-0.25, -0.2) is 9.97 Å². The first-order valence-corrected chi connectivity index (χ1v) is 9.98. The van der Waals surface area contributed by atoms with Gasteiger partial charge in [-0.3, -0.25) is 9.88 Å². The van der Waals surface area contributed by atoms with Gasteiger partial charge in [-0.05, 0) is 17.9 Å². The number of hydrogen-bond acceptors (Lipinski definition) is 6. The standard InChI is InChI=1S/C19H27N5S/c1-19(2,3)16-12-17(22-18(21-16)25-4)24-10-8-23(9-11-24)14-15-6-5-7-20-13-15/h5-7,12-13H,8-11,14H2,1-4H3. The Morgan fingerprint density at radius 3 is 2.48 bits per heavy atom. The molecule has 0 aliphatic carbocycles. The van der Waals surface area contributed by atoms with Crippen molar-refractivity contribution >= 4 is 17.6 Å². The summed E-state index contributed by atoms with van der Waals surface area (Å²) in [6.07, 6.45) is 5.82. The molecule has 0 amide bonds. The normalized spacial score (nSPS) is 16.2. The van der Waals surface area contributed by atoms with E-state index in [2.05, 4.69) is 47.7 Å². The molecule has 0 bridgehead atoms. The molecule has 1 saturated heterocycles. The summed E-state index contributed by atoms with van der Waals surface area (Å²) in [5, 5.41) is 0.861. The maximum absolute atomic E-state index is 4.75. The lowest BCUT2D eigenvalue weighted by molar-refractivity contribution is 0.249. The Labute approximate surface area is 154 Å². The van der Waals surface area contributed by atoms with Gasteiger partial charge in [0.15, 0.2) is 5.16 Å². The number of anilines is 1. The van der Waals surface area contributed by atoms with Crippen LogP contribution in [0.1, 0.15) is 32.0 Å². The van der Waals surface area contributed by atoms with Crippen LogP contribution in [0, 0.1) is 0 Å². The van der Waals surface area contributed by atoms with Gasteiger partial charge in [-0.2, -0.15) is 0 Å². The lowest BCUT2D eigenvalue weighted by Gasteiger charge is -2.36. The smallest absolute Gasteiger partial charge is 0.189 e. The molecule has 2 aromatic heterocycles. The third-order valence-electron chi connectivity index (χ3n) is 4.47. The molecule has 1 fully saturated rings. The molecule has 134 valence electrons. The van der Waals surface area contributed by atoms with Crippen LogP contribution in [0.4, 0.5) is 5.82 Å². The fraction of sp³-hybridized carbons (Fsp3) is 0.526. The zero-order chi connectivity index (χ0) is 17.9. The van der Waals surface area contributed by atoms with E-state index in [0.717, 1.165) is 49.4 Å². The molecule has 0 unspecified atom stereocenters. The Bertz CT molecular complexity index is 691. The van der Waals surface area contributed by atoms with Crippen molar-refractivity contribution in [1.29, 1.82) is 0 Å². The lowest BCUT2D eigenvalue weighted by atomic mass is 9.92. The number of piperazine rings is 1. The molecular formula is C19H27N5S. The zero-order valence-electron chi connectivity index (χ0n) is 15.6. The second-order valence-electron chi connectivity index (χ2n) is 7.47. The molecule has 0 aromatic carbocycles.